The monoisotopic (exact) mass is 306 g/mol. The summed E-state index contributed by atoms with van der Waals surface area (Å²) in [7, 11) is 0. The maximum atomic E-state index is 13.7. The fourth-order valence-corrected chi connectivity index (χ4v) is 1.58. The van der Waals surface area contributed by atoms with Crippen LogP contribution in [0.1, 0.15) is 18.1 Å². The second kappa shape index (κ2) is 6.71. The third-order valence-electron chi connectivity index (χ3n) is 2.77. The topological polar surface area (TPSA) is 46.5 Å². The second-order valence-electron chi connectivity index (χ2n) is 4.60. The Balaban J connectivity index is 2.89. The highest BCUT2D eigenvalue weighted by atomic mass is 19.2. The third-order valence-corrected chi connectivity index (χ3v) is 2.77. The minimum atomic E-state index is -1.81. The zero-order chi connectivity index (χ0) is 16.3. The van der Waals surface area contributed by atoms with Gasteiger partial charge < -0.3 is 9.84 Å². The molecule has 0 aliphatic carbocycles. The van der Waals surface area contributed by atoms with Gasteiger partial charge in [0.25, 0.3) is 0 Å². The van der Waals surface area contributed by atoms with Gasteiger partial charge in [0.1, 0.15) is 12.4 Å². The zero-order valence-corrected chi connectivity index (χ0v) is 11.5. The molecule has 21 heavy (non-hydrogen) atoms. The fourth-order valence-electron chi connectivity index (χ4n) is 1.58. The summed E-state index contributed by atoms with van der Waals surface area (Å²) < 4.78 is 58.1. The van der Waals surface area contributed by atoms with Crippen molar-refractivity contribution in [1.29, 1.82) is 0 Å². The number of carbonyl (C=O) groups is 1. The number of benzene rings is 1. The van der Waals surface area contributed by atoms with Crippen molar-refractivity contribution >= 4 is 5.97 Å². The lowest BCUT2D eigenvalue weighted by Gasteiger charge is -2.14. The summed E-state index contributed by atoms with van der Waals surface area (Å²) in [5, 5.41) is 9.58. The Bertz CT molecular complexity index is 555. The third kappa shape index (κ3) is 3.81. The Morgan fingerprint density at radius 2 is 1.76 bits per heavy atom. The molecule has 0 aliphatic heterocycles. The van der Waals surface area contributed by atoms with Crippen LogP contribution in [0.25, 0.3) is 0 Å². The Kier molecular flexibility index (Phi) is 5.48. The summed E-state index contributed by atoms with van der Waals surface area (Å²) >= 11 is 0. The van der Waals surface area contributed by atoms with Gasteiger partial charge >= 0.3 is 5.97 Å². The van der Waals surface area contributed by atoms with E-state index in [4.69, 9.17) is 0 Å². The van der Waals surface area contributed by atoms with Crippen LogP contribution in [0.5, 0.6) is 0 Å². The highest BCUT2D eigenvalue weighted by molar-refractivity contribution is 5.86. The van der Waals surface area contributed by atoms with Crippen LogP contribution >= 0.6 is 0 Å². The minimum Gasteiger partial charge on any atom is -0.460 e. The maximum Gasteiger partial charge on any atom is 0.333 e. The molecule has 1 atom stereocenters. The predicted octanol–water partition coefficient (Wildman–Crippen LogP) is 2.57. The van der Waals surface area contributed by atoms with E-state index in [0.717, 1.165) is 6.92 Å². The molecule has 1 aromatic carbocycles. The Hall–Kier alpha value is -1.89. The molecular weight excluding hydrogens is 292 g/mol. The lowest BCUT2D eigenvalue weighted by Crippen LogP contribution is -2.23. The first kappa shape index (κ1) is 17.2. The lowest BCUT2D eigenvalue weighted by atomic mass is 10.0. The molecule has 1 rings (SSSR count). The van der Waals surface area contributed by atoms with Crippen LogP contribution in [0.4, 0.5) is 17.6 Å². The second-order valence-corrected chi connectivity index (χ2v) is 4.60. The molecule has 0 saturated heterocycles. The Morgan fingerprint density at radius 3 is 2.29 bits per heavy atom. The van der Waals surface area contributed by atoms with Crippen LogP contribution in [-0.2, 0) is 16.0 Å². The molecule has 1 N–H and O–H groups in total. The van der Waals surface area contributed by atoms with Gasteiger partial charge in [-0.1, -0.05) is 6.58 Å². The molecule has 3 nitrogen and oxygen atoms in total. The number of aliphatic hydroxyl groups excluding tert-OH is 1. The first-order valence-corrected chi connectivity index (χ1v) is 5.98. The molecule has 0 aromatic heterocycles. The average molecular weight is 306 g/mol. The summed E-state index contributed by atoms with van der Waals surface area (Å²) in [6.45, 7) is 5.09. The molecule has 7 heteroatoms. The SMILES string of the molecule is C=C(C)C(=O)OCC(O)Cc1c(F)c(C)c(F)c(F)c1F. The van der Waals surface area contributed by atoms with Crippen molar-refractivity contribution in [3.05, 3.63) is 46.5 Å². The highest BCUT2D eigenvalue weighted by Gasteiger charge is 2.24. The van der Waals surface area contributed by atoms with E-state index in [0.29, 0.717) is 0 Å². The molecule has 0 amide bonds. The van der Waals surface area contributed by atoms with Gasteiger partial charge in [-0.2, -0.15) is 0 Å². The number of ether oxygens (including phenoxy) is 1. The number of rotatable bonds is 5. The number of hydrogen-bond acceptors (Lipinski definition) is 3. The number of aliphatic hydroxyl groups is 1. The van der Waals surface area contributed by atoms with Crippen molar-refractivity contribution in [3.8, 4) is 0 Å². The van der Waals surface area contributed by atoms with Gasteiger partial charge in [-0.15, -0.1) is 0 Å². The lowest BCUT2D eigenvalue weighted by molar-refractivity contribution is -0.141. The number of hydrogen-bond donors (Lipinski definition) is 1. The van der Waals surface area contributed by atoms with E-state index in [1.54, 1.807) is 0 Å². The Morgan fingerprint density at radius 1 is 1.19 bits per heavy atom. The Labute approximate surface area is 118 Å². The van der Waals surface area contributed by atoms with E-state index in [-0.39, 0.29) is 5.57 Å². The van der Waals surface area contributed by atoms with Crippen LogP contribution in [0.15, 0.2) is 12.2 Å². The first-order chi connectivity index (χ1) is 9.66. The quantitative estimate of drug-likeness (QED) is 0.299. The van der Waals surface area contributed by atoms with Crippen molar-refractivity contribution in [1.82, 2.24) is 0 Å². The molecule has 1 unspecified atom stereocenters. The van der Waals surface area contributed by atoms with Gasteiger partial charge in [0.05, 0.1) is 6.10 Å². The number of esters is 1. The predicted molar refractivity (Wildman–Crippen MR) is 66.5 cm³/mol. The molecule has 116 valence electrons. The molecule has 0 saturated carbocycles. The van der Waals surface area contributed by atoms with E-state index in [1.165, 1.54) is 6.92 Å². The van der Waals surface area contributed by atoms with Gasteiger partial charge in [-0.05, 0) is 13.8 Å². The van der Waals surface area contributed by atoms with Crippen LogP contribution in [0.3, 0.4) is 0 Å². The molecule has 0 spiro atoms. The van der Waals surface area contributed by atoms with Crippen molar-refractivity contribution in [2.24, 2.45) is 0 Å². The van der Waals surface area contributed by atoms with E-state index in [9.17, 15) is 27.5 Å². The standard InChI is InChI=1S/C14H14F4O3/c1-6(2)14(20)21-5-8(19)4-9-10(15)7(3)11(16)13(18)12(9)17/h8,19H,1,4-5H2,2-3H3. The smallest absolute Gasteiger partial charge is 0.333 e. The van der Waals surface area contributed by atoms with Gasteiger partial charge in [0.15, 0.2) is 17.5 Å². The van der Waals surface area contributed by atoms with E-state index in [2.05, 4.69) is 11.3 Å². The normalized spacial score (nSPS) is 12.1. The zero-order valence-electron chi connectivity index (χ0n) is 11.5. The molecule has 0 heterocycles. The number of carbonyl (C=O) groups excluding carboxylic acids is 1. The van der Waals surface area contributed by atoms with Crippen LogP contribution in [-0.4, -0.2) is 23.8 Å². The van der Waals surface area contributed by atoms with E-state index < -0.39 is 59.5 Å². The number of halogens is 4. The summed E-state index contributed by atoms with van der Waals surface area (Å²) in [5.41, 5.74) is -1.40. The minimum absolute atomic E-state index is 0.0863. The molecule has 0 fully saturated rings. The first-order valence-electron chi connectivity index (χ1n) is 5.98. The largest absolute Gasteiger partial charge is 0.460 e. The molecule has 1 aromatic rings. The molecular formula is C14H14F4O3. The van der Waals surface area contributed by atoms with Gasteiger partial charge in [0, 0.05) is 23.1 Å². The van der Waals surface area contributed by atoms with Gasteiger partial charge in [-0.3, -0.25) is 0 Å². The maximum absolute atomic E-state index is 13.7. The highest BCUT2D eigenvalue weighted by Crippen LogP contribution is 2.24. The van der Waals surface area contributed by atoms with Crippen LogP contribution < -0.4 is 0 Å². The van der Waals surface area contributed by atoms with Crippen molar-refractivity contribution < 1.29 is 32.2 Å². The average Bonchev–Trinajstić information content (AvgIpc) is 2.44. The summed E-state index contributed by atoms with van der Waals surface area (Å²) in [6, 6.07) is 0. The van der Waals surface area contributed by atoms with Crippen molar-refractivity contribution in [2.45, 2.75) is 26.4 Å². The summed E-state index contributed by atoms with van der Waals surface area (Å²) in [5.74, 6) is -7.19. The van der Waals surface area contributed by atoms with Crippen LogP contribution in [0.2, 0.25) is 0 Å². The fraction of sp³-hybridized carbons (Fsp3) is 0.357. The van der Waals surface area contributed by atoms with Crippen LogP contribution in [0, 0.1) is 30.2 Å². The molecule has 0 radical (unpaired) electrons. The molecule has 0 aliphatic rings. The van der Waals surface area contributed by atoms with E-state index in [1.807, 2.05) is 0 Å². The van der Waals surface area contributed by atoms with Crippen molar-refractivity contribution in [3.63, 3.8) is 0 Å². The molecule has 0 bridgehead atoms. The summed E-state index contributed by atoms with van der Waals surface area (Å²) in [6.07, 6.45) is -2.14. The van der Waals surface area contributed by atoms with Gasteiger partial charge in [0.2, 0.25) is 0 Å². The van der Waals surface area contributed by atoms with E-state index >= 15 is 0 Å². The summed E-state index contributed by atoms with van der Waals surface area (Å²) in [4.78, 5) is 11.1. The van der Waals surface area contributed by atoms with Crippen molar-refractivity contribution in [2.75, 3.05) is 6.61 Å². The van der Waals surface area contributed by atoms with Gasteiger partial charge in [-0.25, -0.2) is 22.4 Å².